The number of nitrogens with zero attached hydrogens (tertiary/aromatic N) is 5. The number of amides is 1. The number of hydrogen-bond donors (Lipinski definition) is 0. The Hall–Kier alpha value is -3.66. The van der Waals surface area contributed by atoms with Crippen LogP contribution >= 0.6 is 0 Å². The van der Waals surface area contributed by atoms with Crippen molar-refractivity contribution in [3.05, 3.63) is 66.6 Å². The predicted molar refractivity (Wildman–Crippen MR) is 121 cm³/mol. The number of likely N-dealkylation sites (N-methyl/N-ethyl adjacent to an activating group) is 1. The van der Waals surface area contributed by atoms with Crippen LogP contribution in [-0.2, 0) is 17.9 Å². The second kappa shape index (κ2) is 9.68. The van der Waals surface area contributed by atoms with Crippen LogP contribution in [-0.4, -0.2) is 64.0 Å². The maximum Gasteiger partial charge on any atom is 0.573 e. The monoisotopic (exact) mass is 471 g/mol. The van der Waals surface area contributed by atoms with Gasteiger partial charge < -0.3 is 14.5 Å². The van der Waals surface area contributed by atoms with Crippen molar-refractivity contribution >= 4 is 5.91 Å². The minimum absolute atomic E-state index is 0.0785. The molecule has 1 aromatic carbocycles. The number of rotatable bonds is 6. The molecule has 178 valence electrons. The molecule has 0 aliphatic carbocycles. The maximum atomic E-state index is 12.7. The van der Waals surface area contributed by atoms with E-state index in [0.29, 0.717) is 37.4 Å². The van der Waals surface area contributed by atoms with E-state index in [-0.39, 0.29) is 11.7 Å². The molecule has 0 saturated heterocycles. The van der Waals surface area contributed by atoms with Crippen LogP contribution < -0.4 is 4.74 Å². The number of alkyl halides is 3. The molecule has 7 nitrogen and oxygen atoms in total. The lowest BCUT2D eigenvalue weighted by Gasteiger charge is -2.27. The van der Waals surface area contributed by atoms with Gasteiger partial charge in [-0.3, -0.25) is 14.5 Å². The predicted octanol–water partition coefficient (Wildman–Crippen LogP) is 3.97. The Balaban J connectivity index is 1.68. The average molecular weight is 471 g/mol. The molecule has 0 atom stereocenters. The zero-order valence-corrected chi connectivity index (χ0v) is 18.8. The van der Waals surface area contributed by atoms with E-state index in [0.717, 1.165) is 16.8 Å². The first kappa shape index (κ1) is 23.5. The summed E-state index contributed by atoms with van der Waals surface area (Å²) in [6.07, 6.45) is 1.99. The topological polar surface area (TPSA) is 63.5 Å². The van der Waals surface area contributed by atoms with Crippen molar-refractivity contribution in [3.8, 4) is 28.1 Å². The zero-order chi connectivity index (χ0) is 24.3. The summed E-state index contributed by atoms with van der Waals surface area (Å²) in [5.41, 5.74) is 3.81. The molecule has 2 aromatic heterocycles. The Morgan fingerprint density at radius 2 is 1.79 bits per heavy atom. The van der Waals surface area contributed by atoms with Gasteiger partial charge in [0.25, 0.3) is 0 Å². The van der Waals surface area contributed by atoms with Crippen molar-refractivity contribution in [1.82, 2.24) is 24.6 Å². The normalized spacial score (nSPS) is 14.0. The highest BCUT2D eigenvalue weighted by Gasteiger charge is 2.31. The van der Waals surface area contributed by atoms with E-state index < -0.39 is 6.36 Å². The van der Waals surface area contributed by atoms with E-state index in [1.165, 1.54) is 12.1 Å². The van der Waals surface area contributed by atoms with Gasteiger partial charge in [-0.2, -0.15) is 5.10 Å². The number of carbonyl (C=O) groups excluding carboxylic acids is 1. The largest absolute Gasteiger partial charge is 0.573 e. The third kappa shape index (κ3) is 5.45. The summed E-state index contributed by atoms with van der Waals surface area (Å²) in [6.45, 7) is 2.05. The van der Waals surface area contributed by atoms with Crippen molar-refractivity contribution < 1.29 is 22.7 Å². The number of benzene rings is 1. The first-order valence-electron chi connectivity index (χ1n) is 10.7. The molecule has 3 aromatic rings. The van der Waals surface area contributed by atoms with Gasteiger partial charge in [0.1, 0.15) is 11.4 Å². The molecule has 0 radical (unpaired) electrons. The SMILES string of the molecule is CN(C)C/C=C/C(=O)N1CCn2nc(-c3ccc(OC(F)(F)F)cc3)c(-c3ccncc3)c2C1. The van der Waals surface area contributed by atoms with E-state index in [9.17, 15) is 18.0 Å². The van der Waals surface area contributed by atoms with Crippen LogP contribution in [0.3, 0.4) is 0 Å². The Labute approximate surface area is 195 Å². The third-order valence-corrected chi connectivity index (χ3v) is 5.35. The second-order valence-corrected chi connectivity index (χ2v) is 8.13. The minimum atomic E-state index is -4.76. The second-order valence-electron chi connectivity index (χ2n) is 8.13. The van der Waals surface area contributed by atoms with Gasteiger partial charge in [0, 0.05) is 42.7 Å². The van der Waals surface area contributed by atoms with Gasteiger partial charge >= 0.3 is 6.36 Å². The molecule has 1 amide bonds. The molecule has 0 fully saturated rings. The molecule has 3 heterocycles. The Morgan fingerprint density at radius 3 is 2.44 bits per heavy atom. The van der Waals surface area contributed by atoms with Gasteiger partial charge in [-0.25, -0.2) is 0 Å². The van der Waals surface area contributed by atoms with Gasteiger partial charge in [0.15, 0.2) is 0 Å². The van der Waals surface area contributed by atoms with Crippen molar-refractivity contribution in [2.24, 2.45) is 0 Å². The standard InChI is InChI=1S/C24H24F3N5O2/c1-30(2)13-3-4-21(33)31-14-15-32-20(16-31)22(17-9-11-28-12-10-17)23(29-32)18-5-7-19(8-6-18)34-24(25,26)27/h3-12H,13-16H2,1-2H3/b4-3+. The fourth-order valence-electron chi connectivity index (χ4n) is 3.81. The molecule has 10 heteroatoms. The number of ether oxygens (including phenoxy) is 1. The zero-order valence-electron chi connectivity index (χ0n) is 18.8. The van der Waals surface area contributed by atoms with Crippen LogP contribution in [0.2, 0.25) is 0 Å². The van der Waals surface area contributed by atoms with Crippen molar-refractivity contribution in [1.29, 1.82) is 0 Å². The van der Waals surface area contributed by atoms with Gasteiger partial charge in [0.05, 0.1) is 18.8 Å². The molecule has 0 unspecified atom stereocenters. The highest BCUT2D eigenvalue weighted by Crippen LogP contribution is 2.37. The number of aromatic nitrogens is 3. The van der Waals surface area contributed by atoms with E-state index in [4.69, 9.17) is 5.10 Å². The molecule has 34 heavy (non-hydrogen) atoms. The fraction of sp³-hybridized carbons (Fsp3) is 0.292. The quantitative estimate of drug-likeness (QED) is 0.509. The Bertz CT molecular complexity index is 1170. The summed E-state index contributed by atoms with van der Waals surface area (Å²) in [5.74, 6) is -0.378. The summed E-state index contributed by atoms with van der Waals surface area (Å²) in [5, 5.41) is 4.75. The van der Waals surface area contributed by atoms with Crippen molar-refractivity contribution in [2.45, 2.75) is 19.5 Å². The lowest BCUT2D eigenvalue weighted by molar-refractivity contribution is -0.274. The Morgan fingerprint density at radius 1 is 1.09 bits per heavy atom. The van der Waals surface area contributed by atoms with Crippen molar-refractivity contribution in [2.75, 3.05) is 27.2 Å². The molecule has 0 bridgehead atoms. The van der Waals surface area contributed by atoms with Crippen LogP contribution in [0.25, 0.3) is 22.4 Å². The lowest BCUT2D eigenvalue weighted by atomic mass is 9.99. The van der Waals surface area contributed by atoms with E-state index >= 15 is 0 Å². The van der Waals surface area contributed by atoms with Gasteiger partial charge in [-0.15, -0.1) is 13.2 Å². The molecule has 4 rings (SSSR count). The molecule has 1 aliphatic heterocycles. The molecule has 1 aliphatic rings. The van der Waals surface area contributed by atoms with Crippen LogP contribution in [0.1, 0.15) is 5.69 Å². The van der Waals surface area contributed by atoms with Gasteiger partial charge in [-0.05, 0) is 56.1 Å². The summed E-state index contributed by atoms with van der Waals surface area (Å²) >= 11 is 0. The number of halogens is 3. The van der Waals surface area contributed by atoms with E-state index in [1.807, 2.05) is 41.9 Å². The van der Waals surface area contributed by atoms with Crippen LogP contribution in [0.5, 0.6) is 5.75 Å². The number of fused-ring (bicyclic) bond motifs is 1. The highest BCUT2D eigenvalue weighted by molar-refractivity contribution is 5.88. The molecule has 0 N–H and O–H groups in total. The summed E-state index contributed by atoms with van der Waals surface area (Å²) in [6, 6.07) is 9.33. The third-order valence-electron chi connectivity index (χ3n) is 5.35. The van der Waals surface area contributed by atoms with E-state index in [1.54, 1.807) is 35.5 Å². The fourth-order valence-corrected chi connectivity index (χ4v) is 3.81. The first-order chi connectivity index (χ1) is 16.2. The van der Waals surface area contributed by atoms with Crippen LogP contribution in [0.4, 0.5) is 13.2 Å². The van der Waals surface area contributed by atoms with Gasteiger partial charge in [0.2, 0.25) is 5.91 Å². The minimum Gasteiger partial charge on any atom is -0.406 e. The first-order valence-corrected chi connectivity index (χ1v) is 10.7. The molecular weight excluding hydrogens is 447 g/mol. The lowest BCUT2D eigenvalue weighted by Crippen LogP contribution is -2.37. The Kier molecular flexibility index (Phi) is 6.69. The van der Waals surface area contributed by atoms with Crippen LogP contribution in [0, 0.1) is 0 Å². The summed E-state index contributed by atoms with van der Waals surface area (Å²) < 4.78 is 43.5. The van der Waals surface area contributed by atoms with E-state index in [2.05, 4.69) is 9.72 Å². The van der Waals surface area contributed by atoms with Crippen LogP contribution in [0.15, 0.2) is 60.9 Å². The number of pyridine rings is 1. The summed E-state index contributed by atoms with van der Waals surface area (Å²) in [4.78, 5) is 20.5. The molecule has 0 saturated carbocycles. The number of hydrogen-bond acceptors (Lipinski definition) is 5. The number of carbonyl (C=O) groups is 1. The average Bonchev–Trinajstić information content (AvgIpc) is 3.17. The van der Waals surface area contributed by atoms with Gasteiger partial charge in [-0.1, -0.05) is 6.08 Å². The highest BCUT2D eigenvalue weighted by atomic mass is 19.4. The smallest absolute Gasteiger partial charge is 0.406 e. The summed E-state index contributed by atoms with van der Waals surface area (Å²) in [7, 11) is 3.86. The molecular formula is C24H24F3N5O2. The van der Waals surface area contributed by atoms with Crippen molar-refractivity contribution in [3.63, 3.8) is 0 Å². The molecule has 0 spiro atoms. The maximum absolute atomic E-state index is 12.7.